The topological polar surface area (TPSA) is 119 Å². The molecule has 2 saturated carbocycles. The maximum absolute atomic E-state index is 12.7. The molecular weight excluding hydrogens is 428 g/mol. The first-order chi connectivity index (χ1) is 15.4. The molecule has 1 saturated heterocycles. The van der Waals surface area contributed by atoms with Crippen molar-refractivity contribution in [2.24, 2.45) is 23.2 Å². The van der Waals surface area contributed by atoms with Gasteiger partial charge in [0, 0.05) is 34.5 Å². The largest absolute Gasteiger partial charge is 0.459 e. The van der Waals surface area contributed by atoms with Crippen molar-refractivity contribution in [3.63, 3.8) is 0 Å². The molecule has 2 aliphatic carbocycles. The summed E-state index contributed by atoms with van der Waals surface area (Å²) in [4.78, 5) is 37.5. The van der Waals surface area contributed by atoms with Gasteiger partial charge in [-0.2, -0.15) is 0 Å². The normalized spacial score (nSPS) is 41.1. The predicted octanol–water partition coefficient (Wildman–Crippen LogP) is 2.24. The molecule has 33 heavy (non-hydrogen) atoms. The van der Waals surface area contributed by atoms with E-state index < -0.39 is 71.6 Å². The zero-order valence-electron chi connectivity index (χ0n) is 20.0. The van der Waals surface area contributed by atoms with E-state index in [2.05, 4.69) is 6.58 Å². The number of hydrogen-bond donors (Lipinski definition) is 2. The third-order valence-corrected chi connectivity index (χ3v) is 7.96. The maximum atomic E-state index is 12.7. The molecule has 182 valence electrons. The van der Waals surface area contributed by atoms with E-state index in [4.69, 9.17) is 14.2 Å². The van der Waals surface area contributed by atoms with Crippen molar-refractivity contribution in [2.45, 2.75) is 78.5 Å². The zero-order chi connectivity index (χ0) is 24.8. The minimum absolute atomic E-state index is 0.0699. The fourth-order valence-corrected chi connectivity index (χ4v) is 5.66. The highest BCUT2D eigenvalue weighted by molar-refractivity contribution is 5.91. The summed E-state index contributed by atoms with van der Waals surface area (Å²) in [6, 6.07) is 0. The Labute approximate surface area is 194 Å². The molecule has 0 radical (unpaired) electrons. The van der Waals surface area contributed by atoms with Crippen LogP contribution in [0.15, 0.2) is 35.5 Å². The molecule has 0 aromatic rings. The lowest BCUT2D eigenvalue weighted by molar-refractivity contribution is -0.161. The van der Waals surface area contributed by atoms with Crippen LogP contribution >= 0.6 is 0 Å². The molecule has 0 spiro atoms. The molecule has 1 heterocycles. The van der Waals surface area contributed by atoms with E-state index in [1.807, 2.05) is 0 Å². The fraction of sp³-hybridized carbons (Fsp3) is 0.640. The van der Waals surface area contributed by atoms with Gasteiger partial charge >= 0.3 is 17.9 Å². The maximum Gasteiger partial charge on any atom is 0.334 e. The second-order valence-corrected chi connectivity index (χ2v) is 9.62. The minimum Gasteiger partial charge on any atom is -0.459 e. The summed E-state index contributed by atoms with van der Waals surface area (Å²) >= 11 is 0. The number of esters is 3. The number of ether oxygens (including phenoxy) is 3. The monoisotopic (exact) mass is 462 g/mol. The van der Waals surface area contributed by atoms with Crippen LogP contribution in [0.4, 0.5) is 0 Å². The lowest BCUT2D eigenvalue weighted by atomic mass is 9.66. The smallest absolute Gasteiger partial charge is 0.334 e. The van der Waals surface area contributed by atoms with Gasteiger partial charge in [-0.1, -0.05) is 32.6 Å². The van der Waals surface area contributed by atoms with Crippen LogP contribution in [0.1, 0.15) is 48.0 Å². The molecule has 0 bridgehead atoms. The van der Waals surface area contributed by atoms with Gasteiger partial charge in [0.05, 0.1) is 18.1 Å². The number of aliphatic hydroxyl groups is 2. The quantitative estimate of drug-likeness (QED) is 0.371. The molecule has 8 nitrogen and oxygen atoms in total. The molecule has 3 fully saturated rings. The molecule has 9 atom stereocenters. The Bertz CT molecular complexity index is 917. The molecule has 8 heteroatoms. The summed E-state index contributed by atoms with van der Waals surface area (Å²) < 4.78 is 17.1. The highest BCUT2D eigenvalue weighted by Gasteiger charge is 2.68. The van der Waals surface area contributed by atoms with Crippen LogP contribution in [-0.4, -0.2) is 58.6 Å². The molecule has 0 aromatic carbocycles. The van der Waals surface area contributed by atoms with Crippen LogP contribution in [-0.2, 0) is 28.6 Å². The molecule has 3 rings (SSSR count). The van der Waals surface area contributed by atoms with E-state index in [-0.39, 0.29) is 12.0 Å². The van der Waals surface area contributed by atoms with E-state index in [1.54, 1.807) is 53.7 Å². The first kappa shape index (κ1) is 25.2. The summed E-state index contributed by atoms with van der Waals surface area (Å²) in [6.07, 6.45) is -1.50. The Morgan fingerprint density at radius 3 is 2.21 bits per heavy atom. The van der Waals surface area contributed by atoms with E-state index >= 15 is 0 Å². The van der Waals surface area contributed by atoms with Crippen molar-refractivity contribution in [3.05, 3.63) is 35.5 Å². The Kier molecular flexibility index (Phi) is 6.92. The summed E-state index contributed by atoms with van der Waals surface area (Å²) in [6.45, 7) is 14.0. The van der Waals surface area contributed by atoms with Gasteiger partial charge in [-0.25, -0.2) is 14.4 Å². The second-order valence-electron chi connectivity index (χ2n) is 9.62. The van der Waals surface area contributed by atoms with E-state index in [1.165, 1.54) is 0 Å². The number of aliphatic hydroxyl groups excluding tert-OH is 2. The first-order valence-corrected chi connectivity index (χ1v) is 11.3. The Balaban J connectivity index is 2.09. The summed E-state index contributed by atoms with van der Waals surface area (Å²) in [5.41, 5.74) is -0.253. The standard InChI is InChI=1S/C25H34O8/c1-8-11(3)22(28)31-15-10-16(32-23(29)12(4)9-2)25(7)18(15)14(6)19(26)20-17(21(25)27)13(5)24(30)33-20/h8-9,14-21,26-27H,5,10H2,1-4,6-7H3. The molecule has 0 aromatic heterocycles. The lowest BCUT2D eigenvalue weighted by Crippen LogP contribution is -2.50. The predicted molar refractivity (Wildman–Crippen MR) is 119 cm³/mol. The highest BCUT2D eigenvalue weighted by atomic mass is 16.6. The van der Waals surface area contributed by atoms with Crippen molar-refractivity contribution >= 4 is 17.9 Å². The van der Waals surface area contributed by atoms with Crippen LogP contribution in [0, 0.1) is 23.2 Å². The minimum atomic E-state index is -1.23. The number of hydrogen-bond acceptors (Lipinski definition) is 8. The van der Waals surface area contributed by atoms with Crippen molar-refractivity contribution < 1.29 is 38.8 Å². The fourth-order valence-electron chi connectivity index (χ4n) is 5.66. The Hall–Kier alpha value is -2.45. The summed E-state index contributed by atoms with van der Waals surface area (Å²) in [5, 5.41) is 22.8. The Morgan fingerprint density at radius 2 is 1.67 bits per heavy atom. The van der Waals surface area contributed by atoms with E-state index in [0.29, 0.717) is 11.1 Å². The number of allylic oxidation sites excluding steroid dienone is 2. The van der Waals surface area contributed by atoms with Crippen molar-refractivity contribution in [2.75, 3.05) is 0 Å². The van der Waals surface area contributed by atoms with Crippen molar-refractivity contribution in [1.29, 1.82) is 0 Å². The average Bonchev–Trinajstić information content (AvgIpc) is 3.22. The average molecular weight is 463 g/mol. The van der Waals surface area contributed by atoms with Gasteiger partial charge in [-0.05, 0) is 33.6 Å². The summed E-state index contributed by atoms with van der Waals surface area (Å²) in [7, 11) is 0. The molecule has 3 aliphatic rings. The van der Waals surface area contributed by atoms with Crippen molar-refractivity contribution in [3.8, 4) is 0 Å². The van der Waals surface area contributed by atoms with Gasteiger partial charge in [0.1, 0.15) is 18.3 Å². The molecule has 0 amide bonds. The lowest BCUT2D eigenvalue weighted by Gasteiger charge is -2.42. The van der Waals surface area contributed by atoms with Gasteiger partial charge in [0.2, 0.25) is 0 Å². The molecule has 1 aliphatic heterocycles. The second kappa shape index (κ2) is 9.06. The van der Waals surface area contributed by atoms with Crippen LogP contribution in [0.3, 0.4) is 0 Å². The van der Waals surface area contributed by atoms with E-state index in [9.17, 15) is 24.6 Å². The van der Waals surface area contributed by atoms with E-state index in [0.717, 1.165) is 0 Å². The highest BCUT2D eigenvalue weighted by Crippen LogP contribution is 2.58. The number of carbonyl (C=O) groups is 3. The number of carbonyl (C=O) groups excluding carboxylic acids is 3. The molecule has 2 N–H and O–H groups in total. The van der Waals surface area contributed by atoms with Gasteiger partial charge in [0.25, 0.3) is 0 Å². The van der Waals surface area contributed by atoms with Crippen LogP contribution in [0.25, 0.3) is 0 Å². The SMILES string of the molecule is C=C1C(=O)OC2C(O)C(C)C3C(OC(=O)C(C)=CC)CC(OC(=O)C(C)=CC)C3(C)C(O)C12. The van der Waals surface area contributed by atoms with Gasteiger partial charge in [0.15, 0.2) is 0 Å². The zero-order valence-corrected chi connectivity index (χ0v) is 20.0. The van der Waals surface area contributed by atoms with Gasteiger partial charge < -0.3 is 24.4 Å². The number of rotatable bonds is 4. The van der Waals surface area contributed by atoms with Gasteiger partial charge in [-0.15, -0.1) is 0 Å². The van der Waals surface area contributed by atoms with Gasteiger partial charge in [-0.3, -0.25) is 0 Å². The number of fused-ring (bicyclic) bond motifs is 2. The summed E-state index contributed by atoms with van der Waals surface area (Å²) in [5.74, 6) is -3.72. The van der Waals surface area contributed by atoms with Crippen LogP contribution in [0.2, 0.25) is 0 Å². The van der Waals surface area contributed by atoms with Crippen LogP contribution < -0.4 is 0 Å². The third kappa shape index (κ3) is 3.93. The molecular formula is C25H34O8. The molecule has 9 unspecified atom stereocenters. The third-order valence-electron chi connectivity index (χ3n) is 7.96. The van der Waals surface area contributed by atoms with Crippen molar-refractivity contribution in [1.82, 2.24) is 0 Å². The van der Waals surface area contributed by atoms with Crippen LogP contribution in [0.5, 0.6) is 0 Å². The Morgan fingerprint density at radius 1 is 1.12 bits per heavy atom. The first-order valence-electron chi connectivity index (χ1n) is 11.3.